The number of rotatable bonds is 3. The van der Waals surface area contributed by atoms with E-state index in [9.17, 15) is 14.7 Å². The molecule has 3 rings (SSSR count). The van der Waals surface area contributed by atoms with E-state index >= 15 is 0 Å². The summed E-state index contributed by atoms with van der Waals surface area (Å²) in [6.45, 7) is 1.79. The fourth-order valence-electron chi connectivity index (χ4n) is 2.42. The van der Waals surface area contributed by atoms with E-state index in [4.69, 9.17) is 4.74 Å². The van der Waals surface area contributed by atoms with Crippen molar-refractivity contribution in [2.24, 2.45) is 0 Å². The number of hydrogen-bond donors (Lipinski definition) is 0. The first-order valence-corrected chi connectivity index (χ1v) is 7.14. The lowest BCUT2D eigenvalue weighted by Gasteiger charge is -2.17. The molecule has 0 saturated carbocycles. The van der Waals surface area contributed by atoms with Gasteiger partial charge >= 0.3 is 17.2 Å². The number of hydrogen-bond acceptors (Lipinski definition) is 4. The molecule has 0 N–H and O–H groups in total. The lowest BCUT2D eigenvalue weighted by atomic mass is 10.2. The van der Waals surface area contributed by atoms with Crippen LogP contribution in [0.4, 0.5) is 0 Å². The Hall–Kier alpha value is -3.15. The molecule has 0 aliphatic rings. The molecule has 0 aliphatic carbocycles. The smallest absolute Gasteiger partial charge is 0.405 e. The average molecular weight is 310 g/mol. The topological polar surface area (TPSA) is 75.5 Å². The van der Waals surface area contributed by atoms with Gasteiger partial charge < -0.3 is 9.84 Å². The van der Waals surface area contributed by atoms with E-state index in [2.05, 4.69) is 0 Å². The molecule has 0 radical (unpaired) electrons. The Balaban J connectivity index is 2.43. The first-order valence-electron chi connectivity index (χ1n) is 7.14. The standard InChI is InChI=1S/C17H14N2O4/c1-2-23-17(22)14-16(21)19(12-8-4-3-5-9-12)15(20)13-10-6-7-11-18(13)14/h3-11H,2H2,1H3. The Morgan fingerprint density at radius 2 is 1.87 bits per heavy atom. The van der Waals surface area contributed by atoms with Gasteiger partial charge in [0, 0.05) is 17.8 Å². The summed E-state index contributed by atoms with van der Waals surface area (Å²) in [4.78, 5) is 24.9. The van der Waals surface area contributed by atoms with Crippen molar-refractivity contribution in [3.63, 3.8) is 0 Å². The Labute approximate surface area is 131 Å². The van der Waals surface area contributed by atoms with Crippen LogP contribution in [0.25, 0.3) is 11.2 Å². The molecule has 2 aromatic heterocycles. The number of nitrogens with zero attached hydrogens (tertiary/aromatic N) is 2. The largest absolute Gasteiger partial charge is 0.855 e. The normalized spacial score (nSPS) is 10.7. The molecule has 0 unspecified atom stereocenters. The van der Waals surface area contributed by atoms with Gasteiger partial charge in [-0.25, -0.2) is 4.79 Å². The van der Waals surface area contributed by atoms with Crippen LogP contribution in [0.15, 0.2) is 59.5 Å². The molecule has 3 aromatic rings. The molecule has 0 aliphatic heterocycles. The molecule has 23 heavy (non-hydrogen) atoms. The zero-order chi connectivity index (χ0) is 16.4. The third kappa shape index (κ3) is 2.44. The molecule has 6 heteroatoms. The fourth-order valence-corrected chi connectivity index (χ4v) is 2.42. The van der Waals surface area contributed by atoms with Crippen molar-refractivity contribution < 1.29 is 19.0 Å². The molecule has 0 spiro atoms. The van der Waals surface area contributed by atoms with E-state index < -0.39 is 17.4 Å². The zero-order valence-electron chi connectivity index (χ0n) is 12.4. The lowest BCUT2D eigenvalue weighted by molar-refractivity contribution is -0.523. The summed E-state index contributed by atoms with van der Waals surface area (Å²) in [6.07, 6.45) is 1.50. The molecule has 0 bridgehead atoms. The van der Waals surface area contributed by atoms with Gasteiger partial charge in [-0.2, -0.15) is 0 Å². The molecule has 0 amide bonds. The minimum atomic E-state index is -0.761. The van der Waals surface area contributed by atoms with Gasteiger partial charge in [-0.1, -0.05) is 18.2 Å². The third-order valence-electron chi connectivity index (χ3n) is 3.41. The van der Waals surface area contributed by atoms with E-state index in [1.807, 2.05) is 0 Å². The van der Waals surface area contributed by atoms with Gasteiger partial charge in [0.2, 0.25) is 0 Å². The van der Waals surface area contributed by atoms with Crippen LogP contribution in [-0.2, 0) is 4.74 Å². The number of esters is 1. The van der Waals surface area contributed by atoms with Crippen molar-refractivity contribution in [3.8, 4) is 11.6 Å². The predicted molar refractivity (Wildman–Crippen MR) is 80.6 cm³/mol. The maximum atomic E-state index is 12.8. The number of ether oxygens (including phenoxy) is 1. The zero-order valence-corrected chi connectivity index (χ0v) is 12.4. The van der Waals surface area contributed by atoms with E-state index in [1.165, 1.54) is 10.6 Å². The van der Waals surface area contributed by atoms with E-state index in [1.54, 1.807) is 55.5 Å². The van der Waals surface area contributed by atoms with Crippen LogP contribution in [0.3, 0.4) is 0 Å². The SMILES string of the molecule is CCOC(=O)c1c([O-])n(-c2ccccc2)c(=O)c2cccc[n+]12. The molecule has 2 heterocycles. The molecule has 1 aromatic carbocycles. The van der Waals surface area contributed by atoms with Crippen LogP contribution in [0.1, 0.15) is 17.4 Å². The maximum absolute atomic E-state index is 12.8. The van der Waals surface area contributed by atoms with Gasteiger partial charge in [-0.15, -0.1) is 4.40 Å². The van der Waals surface area contributed by atoms with Crippen molar-refractivity contribution in [1.82, 2.24) is 4.57 Å². The van der Waals surface area contributed by atoms with Crippen molar-refractivity contribution >= 4 is 11.5 Å². The van der Waals surface area contributed by atoms with Gasteiger partial charge in [0.05, 0.1) is 12.5 Å². The number of para-hydroxylation sites is 1. The minimum absolute atomic E-state index is 0.137. The first kappa shape index (κ1) is 14.8. The Morgan fingerprint density at radius 3 is 2.57 bits per heavy atom. The summed E-state index contributed by atoms with van der Waals surface area (Å²) in [5.41, 5.74) is -0.0702. The van der Waals surface area contributed by atoms with Crippen molar-refractivity contribution in [3.05, 3.63) is 70.8 Å². The molecule has 6 nitrogen and oxygen atoms in total. The van der Waals surface area contributed by atoms with E-state index in [-0.39, 0.29) is 17.8 Å². The van der Waals surface area contributed by atoms with Crippen LogP contribution in [0, 0.1) is 0 Å². The molecular weight excluding hydrogens is 296 g/mol. The van der Waals surface area contributed by atoms with E-state index in [0.29, 0.717) is 5.69 Å². The van der Waals surface area contributed by atoms with Crippen molar-refractivity contribution in [1.29, 1.82) is 0 Å². The van der Waals surface area contributed by atoms with Crippen LogP contribution < -0.4 is 15.1 Å². The highest BCUT2D eigenvalue weighted by Gasteiger charge is 2.26. The monoisotopic (exact) mass is 310 g/mol. The quantitative estimate of drug-likeness (QED) is 0.530. The highest BCUT2D eigenvalue weighted by molar-refractivity contribution is 5.88. The average Bonchev–Trinajstić information content (AvgIpc) is 2.56. The van der Waals surface area contributed by atoms with Crippen LogP contribution in [0.5, 0.6) is 5.88 Å². The number of carbonyl (C=O) groups excluding carboxylic acids is 1. The molecular formula is C17H14N2O4. The summed E-state index contributed by atoms with van der Waals surface area (Å²) >= 11 is 0. The van der Waals surface area contributed by atoms with Crippen LogP contribution in [0.2, 0.25) is 0 Å². The van der Waals surface area contributed by atoms with Crippen LogP contribution >= 0.6 is 0 Å². The Bertz CT molecular complexity index is 932. The predicted octanol–water partition coefficient (Wildman–Crippen LogP) is 0.826. The van der Waals surface area contributed by atoms with Gasteiger partial charge in [-0.05, 0) is 25.1 Å². The number of aromatic nitrogens is 2. The fraction of sp³-hybridized carbons (Fsp3) is 0.118. The Kier molecular flexibility index (Phi) is 3.80. The van der Waals surface area contributed by atoms with E-state index in [0.717, 1.165) is 4.57 Å². The first-order chi connectivity index (χ1) is 11.1. The highest BCUT2D eigenvalue weighted by atomic mass is 16.5. The van der Waals surface area contributed by atoms with Gasteiger partial charge in [0.1, 0.15) is 0 Å². The second-order valence-corrected chi connectivity index (χ2v) is 4.81. The Morgan fingerprint density at radius 1 is 1.17 bits per heavy atom. The molecule has 0 atom stereocenters. The van der Waals surface area contributed by atoms with Gasteiger partial charge in [0.15, 0.2) is 6.20 Å². The number of pyridine rings is 1. The minimum Gasteiger partial charge on any atom is -0.855 e. The summed E-state index contributed by atoms with van der Waals surface area (Å²) in [5.74, 6) is -1.47. The number of benzene rings is 1. The summed E-state index contributed by atoms with van der Waals surface area (Å²) < 4.78 is 7.24. The summed E-state index contributed by atoms with van der Waals surface area (Å²) in [7, 11) is 0. The maximum Gasteiger partial charge on any atom is 0.405 e. The van der Waals surface area contributed by atoms with Crippen molar-refractivity contribution in [2.75, 3.05) is 6.61 Å². The highest BCUT2D eigenvalue weighted by Crippen LogP contribution is 2.16. The molecule has 116 valence electrons. The van der Waals surface area contributed by atoms with Gasteiger partial charge in [0.25, 0.3) is 5.52 Å². The summed E-state index contributed by atoms with van der Waals surface area (Å²) in [6, 6.07) is 13.4. The summed E-state index contributed by atoms with van der Waals surface area (Å²) in [5, 5.41) is 12.8. The number of fused-ring (bicyclic) bond motifs is 1. The van der Waals surface area contributed by atoms with Crippen LogP contribution in [-0.4, -0.2) is 17.1 Å². The lowest BCUT2D eigenvalue weighted by Crippen LogP contribution is -2.41. The van der Waals surface area contributed by atoms with Gasteiger partial charge in [-0.3, -0.25) is 9.36 Å². The molecule has 0 saturated heterocycles. The second-order valence-electron chi connectivity index (χ2n) is 4.81. The third-order valence-corrected chi connectivity index (χ3v) is 3.41. The number of carbonyl (C=O) groups is 1. The molecule has 0 fully saturated rings. The second kappa shape index (κ2) is 5.92. The van der Waals surface area contributed by atoms with Crippen molar-refractivity contribution in [2.45, 2.75) is 6.92 Å².